The van der Waals surface area contributed by atoms with Crippen molar-refractivity contribution in [2.24, 2.45) is 0 Å². The molecule has 0 unspecified atom stereocenters. The van der Waals surface area contributed by atoms with Gasteiger partial charge in [0.2, 0.25) is 0 Å². The van der Waals surface area contributed by atoms with E-state index in [-0.39, 0.29) is 5.41 Å². The molecule has 1 aromatic rings. The van der Waals surface area contributed by atoms with Crippen LogP contribution in [-0.4, -0.2) is 0 Å². The summed E-state index contributed by atoms with van der Waals surface area (Å²) < 4.78 is 1.22. The Morgan fingerprint density at radius 1 is 1.67 bits per heavy atom. The highest BCUT2D eigenvalue weighted by Gasteiger charge is 2.45. The summed E-state index contributed by atoms with van der Waals surface area (Å²) in [6.45, 7) is 2.11. The van der Waals surface area contributed by atoms with E-state index in [0.717, 1.165) is 12.8 Å². The molecule has 1 fully saturated rings. The Kier molecular flexibility index (Phi) is 1.82. The molecule has 1 saturated carbocycles. The van der Waals surface area contributed by atoms with Crippen molar-refractivity contribution in [3.8, 4) is 12.3 Å². The van der Waals surface area contributed by atoms with Crippen LogP contribution in [0.1, 0.15) is 23.3 Å². The Balaban J connectivity index is 2.49. The van der Waals surface area contributed by atoms with Crippen molar-refractivity contribution in [1.82, 2.24) is 0 Å². The molecule has 2 rings (SSSR count). The van der Waals surface area contributed by atoms with Crippen LogP contribution in [0.5, 0.6) is 0 Å². The quantitative estimate of drug-likeness (QED) is 0.660. The normalized spacial score (nSPS) is 18.8. The van der Waals surface area contributed by atoms with Crippen molar-refractivity contribution in [2.75, 3.05) is 0 Å². The molecular formula is C10H9BrS. The molecule has 0 spiro atoms. The summed E-state index contributed by atoms with van der Waals surface area (Å²) in [5.41, 5.74) is 1.40. The zero-order valence-electron chi connectivity index (χ0n) is 6.86. The van der Waals surface area contributed by atoms with Crippen molar-refractivity contribution in [2.45, 2.75) is 25.2 Å². The Labute approximate surface area is 85.1 Å². The van der Waals surface area contributed by atoms with Crippen molar-refractivity contribution in [1.29, 1.82) is 0 Å². The Bertz CT molecular complexity index is 352. The van der Waals surface area contributed by atoms with Crippen LogP contribution in [0.15, 0.2) is 9.85 Å². The molecule has 12 heavy (non-hydrogen) atoms. The predicted octanol–water partition coefficient (Wildman–Crippen LogP) is 3.48. The van der Waals surface area contributed by atoms with E-state index >= 15 is 0 Å². The second-order valence-corrected chi connectivity index (χ2v) is 4.96. The number of aryl methyl sites for hydroxylation is 1. The molecule has 0 atom stereocenters. The van der Waals surface area contributed by atoms with Gasteiger partial charge in [0.1, 0.15) is 0 Å². The van der Waals surface area contributed by atoms with Crippen molar-refractivity contribution < 1.29 is 0 Å². The summed E-state index contributed by atoms with van der Waals surface area (Å²) >= 11 is 5.36. The second kappa shape index (κ2) is 2.61. The Morgan fingerprint density at radius 2 is 2.33 bits per heavy atom. The summed E-state index contributed by atoms with van der Waals surface area (Å²) in [5.74, 6) is 2.90. The van der Waals surface area contributed by atoms with Gasteiger partial charge in [-0.1, -0.05) is 5.92 Å². The highest BCUT2D eigenvalue weighted by atomic mass is 79.9. The molecule has 2 heteroatoms. The molecule has 0 saturated heterocycles. The molecule has 1 aliphatic rings. The number of rotatable bonds is 1. The zero-order valence-corrected chi connectivity index (χ0v) is 9.26. The topological polar surface area (TPSA) is 0 Å². The first kappa shape index (κ1) is 8.34. The molecule has 1 aromatic heterocycles. The SMILES string of the molecule is C#CC1(c2scc(C)c2Br)CC1. The van der Waals surface area contributed by atoms with Crippen LogP contribution in [0.2, 0.25) is 0 Å². The van der Waals surface area contributed by atoms with Crippen LogP contribution in [0.3, 0.4) is 0 Å². The van der Waals surface area contributed by atoms with E-state index in [0.29, 0.717) is 0 Å². The maximum Gasteiger partial charge on any atom is 0.0666 e. The smallest absolute Gasteiger partial charge is 0.0666 e. The standard InChI is InChI=1S/C10H9BrS/c1-3-10(4-5-10)9-8(11)7(2)6-12-9/h1,6H,4-5H2,2H3. The van der Waals surface area contributed by atoms with Gasteiger partial charge >= 0.3 is 0 Å². The van der Waals surface area contributed by atoms with Crippen LogP contribution < -0.4 is 0 Å². The number of halogens is 1. The van der Waals surface area contributed by atoms with E-state index < -0.39 is 0 Å². The molecule has 1 aliphatic carbocycles. The summed E-state index contributed by atoms with van der Waals surface area (Å²) in [6, 6.07) is 0. The largest absolute Gasteiger partial charge is 0.146 e. The van der Waals surface area contributed by atoms with E-state index in [1.165, 1.54) is 14.9 Å². The fourth-order valence-electron chi connectivity index (χ4n) is 1.31. The van der Waals surface area contributed by atoms with Gasteiger partial charge < -0.3 is 0 Å². The Morgan fingerprint density at radius 3 is 2.67 bits per heavy atom. The minimum absolute atomic E-state index is 0.0950. The van der Waals surface area contributed by atoms with Crippen molar-refractivity contribution in [3.63, 3.8) is 0 Å². The first-order valence-corrected chi connectivity index (χ1v) is 5.59. The molecule has 0 N–H and O–H groups in total. The molecule has 0 aromatic carbocycles. The minimum atomic E-state index is 0.0950. The lowest BCUT2D eigenvalue weighted by Gasteiger charge is -2.04. The maximum absolute atomic E-state index is 5.51. The minimum Gasteiger partial charge on any atom is -0.146 e. The second-order valence-electron chi connectivity index (χ2n) is 3.29. The summed E-state index contributed by atoms with van der Waals surface area (Å²) in [6.07, 6.45) is 7.82. The van der Waals surface area contributed by atoms with Crippen LogP contribution >= 0.6 is 27.3 Å². The maximum atomic E-state index is 5.51. The van der Waals surface area contributed by atoms with Gasteiger partial charge in [-0.2, -0.15) is 0 Å². The highest BCUT2D eigenvalue weighted by Crippen LogP contribution is 2.52. The van der Waals surface area contributed by atoms with E-state index in [1.54, 1.807) is 11.3 Å². The summed E-state index contributed by atoms with van der Waals surface area (Å²) in [4.78, 5) is 1.35. The number of hydrogen-bond acceptors (Lipinski definition) is 1. The molecular weight excluding hydrogens is 232 g/mol. The van der Waals surface area contributed by atoms with Crippen LogP contribution in [-0.2, 0) is 5.41 Å². The number of terminal acetylenes is 1. The number of hydrogen-bond donors (Lipinski definition) is 0. The molecule has 0 amide bonds. The molecule has 0 bridgehead atoms. The van der Waals surface area contributed by atoms with E-state index in [2.05, 4.69) is 34.2 Å². The van der Waals surface area contributed by atoms with Crippen LogP contribution in [0.25, 0.3) is 0 Å². The molecule has 1 heterocycles. The lowest BCUT2D eigenvalue weighted by molar-refractivity contribution is 0.953. The molecule has 0 nitrogen and oxygen atoms in total. The fourth-order valence-corrected chi connectivity index (χ4v) is 3.41. The lowest BCUT2D eigenvalue weighted by atomic mass is 10.1. The van der Waals surface area contributed by atoms with E-state index in [4.69, 9.17) is 6.42 Å². The molecule has 0 radical (unpaired) electrons. The average Bonchev–Trinajstić information content (AvgIpc) is 2.79. The zero-order chi connectivity index (χ0) is 8.77. The predicted molar refractivity (Wildman–Crippen MR) is 56.5 cm³/mol. The van der Waals surface area contributed by atoms with E-state index in [9.17, 15) is 0 Å². The van der Waals surface area contributed by atoms with E-state index in [1.807, 2.05) is 0 Å². The number of thiophene rings is 1. The van der Waals surface area contributed by atoms with Crippen LogP contribution in [0.4, 0.5) is 0 Å². The van der Waals surface area contributed by atoms with Crippen molar-refractivity contribution >= 4 is 27.3 Å². The first-order valence-electron chi connectivity index (χ1n) is 3.91. The third kappa shape index (κ3) is 1.04. The monoisotopic (exact) mass is 240 g/mol. The van der Waals surface area contributed by atoms with Gasteiger partial charge in [0.05, 0.1) is 5.41 Å². The summed E-state index contributed by atoms with van der Waals surface area (Å²) in [5, 5.41) is 2.16. The van der Waals surface area contributed by atoms with Gasteiger partial charge in [0.25, 0.3) is 0 Å². The van der Waals surface area contributed by atoms with Crippen molar-refractivity contribution in [3.05, 3.63) is 20.3 Å². The lowest BCUT2D eigenvalue weighted by Crippen LogP contribution is -1.99. The fraction of sp³-hybridized carbons (Fsp3) is 0.400. The van der Waals surface area contributed by atoms with Gasteiger partial charge in [-0.15, -0.1) is 17.8 Å². The third-order valence-electron chi connectivity index (χ3n) is 2.36. The molecule has 62 valence electrons. The highest BCUT2D eigenvalue weighted by molar-refractivity contribution is 9.10. The molecule has 0 aliphatic heterocycles. The summed E-state index contributed by atoms with van der Waals surface area (Å²) in [7, 11) is 0. The van der Waals surface area contributed by atoms with Gasteiger partial charge in [0.15, 0.2) is 0 Å². The van der Waals surface area contributed by atoms with Crippen LogP contribution in [0, 0.1) is 19.3 Å². The van der Waals surface area contributed by atoms with Gasteiger partial charge in [-0.25, -0.2) is 0 Å². The average molecular weight is 241 g/mol. The third-order valence-corrected chi connectivity index (χ3v) is 4.95. The Hall–Kier alpha value is -0.260. The van der Waals surface area contributed by atoms with Gasteiger partial charge in [0, 0.05) is 9.35 Å². The van der Waals surface area contributed by atoms with Gasteiger partial charge in [-0.05, 0) is 46.6 Å². The van der Waals surface area contributed by atoms with Gasteiger partial charge in [-0.3, -0.25) is 0 Å². The first-order chi connectivity index (χ1) is 5.69.